The molecule has 0 saturated carbocycles. The molecule has 0 unspecified atom stereocenters. The molecular formula is C14H17N3O4. The average molecular weight is 291 g/mol. The highest BCUT2D eigenvalue weighted by molar-refractivity contribution is 5.54. The first-order valence-electron chi connectivity index (χ1n) is 6.21. The Morgan fingerprint density at radius 2 is 1.76 bits per heavy atom. The molecule has 0 bridgehead atoms. The van der Waals surface area contributed by atoms with Crippen LogP contribution in [0.2, 0.25) is 0 Å². The van der Waals surface area contributed by atoms with Crippen molar-refractivity contribution in [1.29, 1.82) is 0 Å². The number of nitrogens with one attached hydrogen (secondary N) is 1. The van der Waals surface area contributed by atoms with Crippen LogP contribution in [0.5, 0.6) is 17.2 Å². The van der Waals surface area contributed by atoms with Crippen LogP contribution in [0.15, 0.2) is 23.1 Å². The molecule has 112 valence electrons. The molecule has 7 nitrogen and oxygen atoms in total. The summed E-state index contributed by atoms with van der Waals surface area (Å²) in [5.74, 6) is 1.67. The number of nitrogen functional groups attached to an aromatic ring is 1. The van der Waals surface area contributed by atoms with Crippen molar-refractivity contribution in [3.8, 4) is 17.2 Å². The summed E-state index contributed by atoms with van der Waals surface area (Å²) in [4.78, 5) is 18.2. The van der Waals surface area contributed by atoms with Gasteiger partial charge in [0.2, 0.25) is 5.75 Å². The molecule has 0 aliphatic rings. The van der Waals surface area contributed by atoms with Gasteiger partial charge in [-0.25, -0.2) is 4.98 Å². The van der Waals surface area contributed by atoms with E-state index in [0.717, 1.165) is 5.56 Å². The van der Waals surface area contributed by atoms with Crippen molar-refractivity contribution in [2.45, 2.75) is 6.42 Å². The first kappa shape index (κ1) is 14.7. The van der Waals surface area contributed by atoms with Gasteiger partial charge in [-0.1, -0.05) is 0 Å². The van der Waals surface area contributed by atoms with Gasteiger partial charge in [-0.3, -0.25) is 9.78 Å². The Bertz CT molecular complexity index is 672. The second-order valence-electron chi connectivity index (χ2n) is 4.33. The molecule has 2 rings (SSSR count). The lowest BCUT2D eigenvalue weighted by Gasteiger charge is -2.14. The zero-order valence-electron chi connectivity index (χ0n) is 12.1. The first-order chi connectivity index (χ1) is 10.1. The molecule has 0 atom stereocenters. The maximum atomic E-state index is 11.8. The van der Waals surface area contributed by atoms with Gasteiger partial charge in [0, 0.05) is 18.2 Å². The number of H-pyrrole nitrogens is 1. The molecule has 0 saturated heterocycles. The van der Waals surface area contributed by atoms with Crippen LogP contribution < -0.4 is 25.5 Å². The number of ether oxygens (including phenoxy) is 3. The lowest BCUT2D eigenvalue weighted by atomic mass is 10.1. The maximum absolute atomic E-state index is 11.8. The van der Waals surface area contributed by atoms with Gasteiger partial charge >= 0.3 is 0 Å². The Balaban J connectivity index is 2.42. The van der Waals surface area contributed by atoms with Crippen LogP contribution in [-0.2, 0) is 6.42 Å². The van der Waals surface area contributed by atoms with Crippen LogP contribution in [0.25, 0.3) is 0 Å². The normalized spacial score (nSPS) is 10.2. The summed E-state index contributed by atoms with van der Waals surface area (Å²) in [5, 5.41) is 0. The van der Waals surface area contributed by atoms with Crippen molar-refractivity contribution < 1.29 is 14.2 Å². The highest BCUT2D eigenvalue weighted by Crippen LogP contribution is 2.38. The summed E-state index contributed by atoms with van der Waals surface area (Å²) in [6.45, 7) is 0. The fourth-order valence-corrected chi connectivity index (χ4v) is 2.02. The third-order valence-electron chi connectivity index (χ3n) is 3.01. The van der Waals surface area contributed by atoms with Crippen molar-refractivity contribution in [3.05, 3.63) is 39.8 Å². The standard InChI is InChI=1S/C14H17N3O4/c1-19-10-5-8(6-11(20-2)12(10)21-3)4-9-7-16-14(15)17-13(9)18/h5-7H,4H2,1-3H3,(H3,15,16,17,18). The molecule has 0 spiro atoms. The second-order valence-corrected chi connectivity index (χ2v) is 4.33. The quantitative estimate of drug-likeness (QED) is 0.851. The molecule has 21 heavy (non-hydrogen) atoms. The summed E-state index contributed by atoms with van der Waals surface area (Å²) in [5.41, 5.74) is 6.49. The van der Waals surface area contributed by atoms with Crippen LogP contribution in [-0.4, -0.2) is 31.3 Å². The monoisotopic (exact) mass is 291 g/mol. The Hall–Kier alpha value is -2.70. The fourth-order valence-electron chi connectivity index (χ4n) is 2.02. The van der Waals surface area contributed by atoms with E-state index in [1.54, 1.807) is 26.4 Å². The van der Waals surface area contributed by atoms with Crippen molar-refractivity contribution in [1.82, 2.24) is 9.97 Å². The summed E-state index contributed by atoms with van der Waals surface area (Å²) in [6.07, 6.45) is 1.83. The predicted molar refractivity (Wildman–Crippen MR) is 78.2 cm³/mol. The second kappa shape index (κ2) is 6.17. The van der Waals surface area contributed by atoms with Crippen molar-refractivity contribution >= 4 is 5.95 Å². The van der Waals surface area contributed by atoms with Gasteiger partial charge in [-0.15, -0.1) is 0 Å². The molecule has 3 N–H and O–H groups in total. The molecule has 1 aromatic carbocycles. The third kappa shape index (κ3) is 3.07. The van der Waals surface area contributed by atoms with E-state index >= 15 is 0 Å². The Kier molecular flexibility index (Phi) is 4.32. The van der Waals surface area contributed by atoms with E-state index in [4.69, 9.17) is 19.9 Å². The lowest BCUT2D eigenvalue weighted by molar-refractivity contribution is 0.324. The lowest BCUT2D eigenvalue weighted by Crippen LogP contribution is -2.16. The Morgan fingerprint density at radius 3 is 2.24 bits per heavy atom. The van der Waals surface area contributed by atoms with E-state index in [0.29, 0.717) is 29.2 Å². The minimum absolute atomic E-state index is 0.0913. The van der Waals surface area contributed by atoms with Crippen LogP contribution in [0.3, 0.4) is 0 Å². The number of nitrogens with two attached hydrogens (primary N) is 1. The van der Waals surface area contributed by atoms with Crippen LogP contribution in [0.1, 0.15) is 11.1 Å². The number of hydrogen-bond donors (Lipinski definition) is 2. The van der Waals surface area contributed by atoms with Gasteiger partial charge in [0.05, 0.1) is 21.3 Å². The Morgan fingerprint density at radius 1 is 1.14 bits per heavy atom. The molecule has 1 aromatic heterocycles. The number of nitrogens with zero attached hydrogens (tertiary/aromatic N) is 1. The molecule has 0 amide bonds. The average Bonchev–Trinajstić information content (AvgIpc) is 2.49. The number of benzene rings is 1. The highest BCUT2D eigenvalue weighted by Gasteiger charge is 2.14. The molecule has 0 fully saturated rings. The van der Waals surface area contributed by atoms with E-state index in [9.17, 15) is 4.79 Å². The summed E-state index contributed by atoms with van der Waals surface area (Å²) in [6, 6.07) is 3.58. The van der Waals surface area contributed by atoms with Crippen LogP contribution in [0.4, 0.5) is 5.95 Å². The van der Waals surface area contributed by atoms with Gasteiger partial charge in [0.1, 0.15) is 0 Å². The summed E-state index contributed by atoms with van der Waals surface area (Å²) < 4.78 is 15.8. The van der Waals surface area contributed by atoms with Gasteiger partial charge in [-0.2, -0.15) is 0 Å². The molecule has 2 aromatic rings. The summed E-state index contributed by atoms with van der Waals surface area (Å²) >= 11 is 0. The third-order valence-corrected chi connectivity index (χ3v) is 3.01. The van der Waals surface area contributed by atoms with Gasteiger partial charge in [-0.05, 0) is 17.7 Å². The van der Waals surface area contributed by atoms with E-state index in [1.165, 1.54) is 13.3 Å². The van der Waals surface area contributed by atoms with Crippen LogP contribution in [0, 0.1) is 0 Å². The minimum atomic E-state index is -0.267. The number of methoxy groups -OCH3 is 3. The highest BCUT2D eigenvalue weighted by atomic mass is 16.5. The van der Waals surface area contributed by atoms with Gasteiger partial charge < -0.3 is 19.9 Å². The number of hydrogen-bond acceptors (Lipinski definition) is 6. The van der Waals surface area contributed by atoms with Crippen LogP contribution >= 0.6 is 0 Å². The van der Waals surface area contributed by atoms with E-state index in [1.807, 2.05) is 0 Å². The molecule has 1 heterocycles. The van der Waals surface area contributed by atoms with E-state index in [2.05, 4.69) is 9.97 Å². The SMILES string of the molecule is COc1cc(Cc2cnc(N)[nH]c2=O)cc(OC)c1OC. The van der Waals surface area contributed by atoms with E-state index in [-0.39, 0.29) is 11.5 Å². The summed E-state index contributed by atoms with van der Waals surface area (Å²) in [7, 11) is 4.62. The zero-order chi connectivity index (χ0) is 15.4. The fraction of sp³-hybridized carbons (Fsp3) is 0.286. The van der Waals surface area contributed by atoms with Crippen molar-refractivity contribution in [2.24, 2.45) is 0 Å². The number of aromatic nitrogens is 2. The predicted octanol–water partition coefficient (Wildman–Crippen LogP) is 0.969. The topological polar surface area (TPSA) is 99.5 Å². The molecule has 0 aliphatic heterocycles. The molecule has 0 radical (unpaired) electrons. The van der Waals surface area contributed by atoms with E-state index < -0.39 is 0 Å². The molecule has 7 heteroatoms. The van der Waals surface area contributed by atoms with Gasteiger partial charge in [0.15, 0.2) is 17.4 Å². The first-order valence-corrected chi connectivity index (χ1v) is 6.21. The number of anilines is 1. The number of rotatable bonds is 5. The number of aromatic amines is 1. The van der Waals surface area contributed by atoms with Crippen molar-refractivity contribution in [2.75, 3.05) is 27.1 Å². The van der Waals surface area contributed by atoms with Gasteiger partial charge in [0.25, 0.3) is 5.56 Å². The zero-order valence-corrected chi connectivity index (χ0v) is 12.1. The maximum Gasteiger partial charge on any atom is 0.255 e. The smallest absolute Gasteiger partial charge is 0.255 e. The molecule has 0 aliphatic carbocycles. The Labute approximate surface area is 121 Å². The largest absolute Gasteiger partial charge is 0.493 e. The molecular weight excluding hydrogens is 274 g/mol. The minimum Gasteiger partial charge on any atom is -0.493 e. The van der Waals surface area contributed by atoms with Crippen molar-refractivity contribution in [3.63, 3.8) is 0 Å².